The van der Waals surface area contributed by atoms with Crippen LogP contribution < -0.4 is 4.89 Å². The molecule has 0 radical (unpaired) electrons. The Hall–Kier alpha value is -5.15. The number of carbonyl (C=O) groups excluding carboxylic acids is 2. The summed E-state index contributed by atoms with van der Waals surface area (Å²) in [6.07, 6.45) is 115. The quantitative estimate of drug-likeness (QED) is 0.0195. The summed E-state index contributed by atoms with van der Waals surface area (Å²) in [5.74, 6) is -0.849. The van der Waals surface area contributed by atoms with E-state index < -0.39 is 32.5 Å². The third-order valence-electron chi connectivity index (χ3n) is 15.6. The maximum atomic E-state index is 12.9. The number of esters is 2. The normalized spacial score (nSPS) is 14.2. The van der Waals surface area contributed by atoms with Crippen LogP contribution in [0, 0.1) is 0 Å². The van der Waals surface area contributed by atoms with Gasteiger partial charge in [-0.15, -0.1) is 0 Å². The van der Waals surface area contributed by atoms with Crippen molar-refractivity contribution >= 4 is 19.8 Å². The van der Waals surface area contributed by atoms with Crippen molar-refractivity contribution in [2.45, 2.75) is 290 Å². The van der Waals surface area contributed by atoms with Crippen molar-refractivity contribution in [2.24, 2.45) is 0 Å². The van der Waals surface area contributed by atoms with E-state index in [9.17, 15) is 19.0 Å². The van der Waals surface area contributed by atoms with Crippen LogP contribution in [0.4, 0.5) is 0 Å². The first-order valence-corrected chi connectivity index (χ1v) is 39.6. The number of quaternary nitrogens is 1. The first-order chi connectivity index (χ1) is 47.0. The van der Waals surface area contributed by atoms with Crippen molar-refractivity contribution in [3.05, 3.63) is 194 Å². The second kappa shape index (κ2) is 74.1. The number of carbonyl (C=O) groups is 2. The van der Waals surface area contributed by atoms with Gasteiger partial charge in [0.25, 0.3) is 7.82 Å². The van der Waals surface area contributed by atoms with Crippen LogP contribution in [-0.4, -0.2) is 70.0 Å². The minimum atomic E-state index is -4.66. The van der Waals surface area contributed by atoms with E-state index in [1.165, 1.54) is 96.3 Å². The minimum Gasteiger partial charge on any atom is -0.756 e. The largest absolute Gasteiger partial charge is 0.756 e. The summed E-state index contributed by atoms with van der Waals surface area (Å²) in [5, 5.41) is 0. The van der Waals surface area contributed by atoms with E-state index in [1.807, 2.05) is 21.1 Å². The summed E-state index contributed by atoms with van der Waals surface area (Å²) in [4.78, 5) is 38.2. The Morgan fingerprint density at radius 3 is 0.833 bits per heavy atom. The monoisotopic (exact) mass is 1350 g/mol. The van der Waals surface area contributed by atoms with Crippen LogP contribution in [0.3, 0.4) is 0 Å². The third-order valence-corrected chi connectivity index (χ3v) is 16.6. The van der Waals surface area contributed by atoms with E-state index in [4.69, 9.17) is 18.5 Å². The number of rotatable bonds is 68. The van der Waals surface area contributed by atoms with E-state index >= 15 is 0 Å². The fraction of sp³-hybridized carbons (Fsp3) is 0.605. The van der Waals surface area contributed by atoms with Crippen molar-refractivity contribution < 1.29 is 42.1 Å². The lowest BCUT2D eigenvalue weighted by molar-refractivity contribution is -0.870. The topological polar surface area (TPSA) is 111 Å². The second-order valence-electron chi connectivity index (χ2n) is 25.9. The minimum absolute atomic E-state index is 0.0409. The first-order valence-electron chi connectivity index (χ1n) is 38.1. The average molecular weight is 1350 g/mol. The number of hydrogen-bond acceptors (Lipinski definition) is 8. The van der Waals surface area contributed by atoms with Gasteiger partial charge in [0.15, 0.2) is 6.10 Å². The Bertz CT molecular complexity index is 2330. The van der Waals surface area contributed by atoms with Crippen LogP contribution in [0.15, 0.2) is 194 Å². The van der Waals surface area contributed by atoms with Crippen LogP contribution >= 0.6 is 7.82 Å². The SMILES string of the molecule is CC/C=C\C/C=C\C/C=C\C/C=C\C/C=C\C/C=C\C/C=C\C/C=C\C/C=C\CCCCCCCCCCCCCCCC(=O)OC(COC(=O)CCCCCCCCCCC/C=C\C/C=C\C/C=C\C/C=C\C/C=C\C/C=C\C/C=C\CC)COP(=O)([O-])OCC[N+](C)(C)C. The van der Waals surface area contributed by atoms with Crippen molar-refractivity contribution in [1.29, 1.82) is 0 Å². The van der Waals surface area contributed by atoms with Gasteiger partial charge in [0.2, 0.25) is 0 Å². The molecule has 0 aromatic rings. The van der Waals surface area contributed by atoms with E-state index in [1.54, 1.807) is 0 Å². The molecule has 0 N–H and O–H groups in total. The zero-order chi connectivity index (χ0) is 69.7. The number of nitrogens with zero attached hydrogens (tertiary/aromatic N) is 1. The predicted molar refractivity (Wildman–Crippen MR) is 415 cm³/mol. The number of phosphoric ester groups is 1. The molecular formula is C86H140NO8P. The number of allylic oxidation sites excluding steroid dienone is 32. The molecule has 0 aromatic carbocycles. The number of hydrogen-bond donors (Lipinski definition) is 0. The van der Waals surface area contributed by atoms with Gasteiger partial charge in [0, 0.05) is 12.8 Å². The molecule has 2 unspecified atom stereocenters. The molecule has 0 aliphatic carbocycles. The summed E-state index contributed by atoms with van der Waals surface area (Å²) < 4.78 is 34.4. The summed E-state index contributed by atoms with van der Waals surface area (Å²) in [5.41, 5.74) is 0. The van der Waals surface area contributed by atoms with E-state index in [-0.39, 0.29) is 26.1 Å². The molecule has 0 fully saturated rings. The fourth-order valence-corrected chi connectivity index (χ4v) is 10.6. The molecule has 0 saturated heterocycles. The van der Waals surface area contributed by atoms with Crippen molar-refractivity contribution in [3.8, 4) is 0 Å². The molecule has 2 atom stereocenters. The molecule has 10 heteroatoms. The highest BCUT2D eigenvalue weighted by Crippen LogP contribution is 2.38. The molecule has 0 amide bonds. The maximum absolute atomic E-state index is 12.9. The molecule has 0 bridgehead atoms. The zero-order valence-corrected chi connectivity index (χ0v) is 62.6. The Morgan fingerprint density at radius 1 is 0.323 bits per heavy atom. The lowest BCUT2D eigenvalue weighted by Crippen LogP contribution is -2.37. The molecule has 542 valence electrons. The predicted octanol–water partition coefficient (Wildman–Crippen LogP) is 25.0. The van der Waals surface area contributed by atoms with Crippen molar-refractivity contribution in [3.63, 3.8) is 0 Å². The molecule has 0 aliphatic rings. The second-order valence-corrected chi connectivity index (χ2v) is 27.3. The van der Waals surface area contributed by atoms with Gasteiger partial charge >= 0.3 is 11.9 Å². The number of likely N-dealkylation sites (N-methyl/N-ethyl adjacent to an activating group) is 1. The summed E-state index contributed by atoms with van der Waals surface area (Å²) in [6, 6.07) is 0. The van der Waals surface area contributed by atoms with Crippen LogP contribution in [0.5, 0.6) is 0 Å². The van der Waals surface area contributed by atoms with Crippen molar-refractivity contribution in [1.82, 2.24) is 0 Å². The summed E-state index contributed by atoms with van der Waals surface area (Å²) in [6.45, 7) is 4.00. The van der Waals surface area contributed by atoms with Gasteiger partial charge < -0.3 is 27.9 Å². The molecular weight excluding hydrogens is 1210 g/mol. The first kappa shape index (κ1) is 90.8. The third kappa shape index (κ3) is 77.9. The van der Waals surface area contributed by atoms with Crippen LogP contribution in [-0.2, 0) is 32.7 Å². The number of phosphoric acid groups is 1. The standard InChI is InChI=1S/C86H140NO8P/c1-6-8-10-12-14-16-18-20-22-24-26-28-30-32-34-36-38-39-40-41-42-43-44-45-46-47-49-51-53-55-57-59-61-63-65-67-69-71-73-75-77-79-86(89)95-84(83-94-96(90,91)93-81-80-87(3,4)5)82-92-85(88)78-76-74-72-70-68-66-64-62-60-58-56-54-52-50-48-37-35-33-31-29-27-25-23-21-19-17-15-13-11-9-7-2/h8-11,14-17,20-23,26-29,32-35,38-39,41-42,44-45,47-50,54,56,84H,6-7,12-13,18-19,24-25,30-31,36-37,40,43,46,51-53,55,57-83H2,1-5H3/b10-8-,11-9-,16-14-,17-15-,22-20-,23-21-,28-26-,29-27-,34-32-,35-33-,39-38-,42-41-,45-44-,49-47-,50-48-,56-54-. The molecule has 96 heavy (non-hydrogen) atoms. The Labute approximate surface area is 590 Å². The Morgan fingerprint density at radius 2 is 0.562 bits per heavy atom. The molecule has 0 saturated carbocycles. The molecule has 0 aliphatic heterocycles. The van der Waals surface area contributed by atoms with Crippen LogP contribution in [0.25, 0.3) is 0 Å². The summed E-state index contributed by atoms with van der Waals surface area (Å²) in [7, 11) is 1.14. The highest BCUT2D eigenvalue weighted by molar-refractivity contribution is 7.45. The smallest absolute Gasteiger partial charge is 0.306 e. The highest BCUT2D eigenvalue weighted by atomic mass is 31.2. The molecule has 0 aromatic heterocycles. The van der Waals surface area contributed by atoms with Gasteiger partial charge in [0.05, 0.1) is 27.7 Å². The van der Waals surface area contributed by atoms with Crippen LogP contribution in [0.1, 0.15) is 284 Å². The Balaban J connectivity index is 4.08. The van der Waals surface area contributed by atoms with Gasteiger partial charge in [-0.3, -0.25) is 14.2 Å². The molecule has 0 spiro atoms. The number of ether oxygens (including phenoxy) is 2. The van der Waals surface area contributed by atoms with Gasteiger partial charge in [-0.25, -0.2) is 0 Å². The number of unbranched alkanes of at least 4 members (excludes halogenated alkanes) is 22. The molecule has 0 heterocycles. The molecule has 0 rings (SSSR count). The maximum Gasteiger partial charge on any atom is 0.306 e. The average Bonchev–Trinajstić information content (AvgIpc) is 2.54. The Kier molecular flexibility index (Phi) is 70.1. The van der Waals surface area contributed by atoms with Crippen LogP contribution in [0.2, 0.25) is 0 Å². The van der Waals surface area contributed by atoms with Gasteiger partial charge in [-0.2, -0.15) is 0 Å². The zero-order valence-electron chi connectivity index (χ0n) is 61.7. The molecule has 9 nitrogen and oxygen atoms in total. The lowest BCUT2D eigenvalue weighted by Gasteiger charge is -2.28. The lowest BCUT2D eigenvalue weighted by atomic mass is 10.0. The van der Waals surface area contributed by atoms with E-state index in [0.29, 0.717) is 23.9 Å². The van der Waals surface area contributed by atoms with E-state index in [0.717, 1.165) is 148 Å². The van der Waals surface area contributed by atoms with Crippen molar-refractivity contribution in [2.75, 3.05) is 47.5 Å². The fourth-order valence-electron chi connectivity index (χ4n) is 9.87. The van der Waals surface area contributed by atoms with Gasteiger partial charge in [-0.1, -0.05) is 324 Å². The van der Waals surface area contributed by atoms with E-state index in [2.05, 4.69) is 208 Å². The summed E-state index contributed by atoms with van der Waals surface area (Å²) >= 11 is 0. The highest BCUT2D eigenvalue weighted by Gasteiger charge is 2.22. The van der Waals surface area contributed by atoms with Gasteiger partial charge in [0.1, 0.15) is 19.8 Å². The van der Waals surface area contributed by atoms with Gasteiger partial charge in [-0.05, 0) is 141 Å².